The molecule has 4 aromatic carbocycles. The van der Waals surface area contributed by atoms with Crippen molar-refractivity contribution in [3.8, 4) is 11.1 Å². The highest BCUT2D eigenvalue weighted by Gasteiger charge is 2.32. The molecule has 2 unspecified atom stereocenters. The Bertz CT molecular complexity index is 1610. The number of rotatable bonds is 9. The second-order valence-corrected chi connectivity index (χ2v) is 12.0. The summed E-state index contributed by atoms with van der Waals surface area (Å²) in [6.07, 6.45) is 2.27. The van der Waals surface area contributed by atoms with Crippen molar-refractivity contribution in [3.05, 3.63) is 90.5 Å². The fourth-order valence-corrected chi connectivity index (χ4v) is 7.11. The third-order valence-corrected chi connectivity index (χ3v) is 9.40. The second-order valence-electron chi connectivity index (χ2n) is 10.5. The summed E-state index contributed by atoms with van der Waals surface area (Å²) in [5.41, 5.74) is 4.41. The molecule has 210 valence electrons. The molecule has 8 heteroatoms. The SMILES string of the molecule is COCCCN1C(=O)c2cccc3c(NC(=O)C4CCCN(S(=O)c5ccc(-c6ccccc6)cc5)C4)ccc1c23. The van der Waals surface area contributed by atoms with E-state index in [0.717, 1.165) is 51.7 Å². The maximum atomic E-state index is 13.5. The number of hydrogen-bond acceptors (Lipinski definition) is 4. The van der Waals surface area contributed by atoms with Crippen LogP contribution in [0.2, 0.25) is 0 Å². The number of ether oxygens (including phenoxy) is 1. The molecule has 0 radical (unpaired) electrons. The lowest BCUT2D eigenvalue weighted by Crippen LogP contribution is -2.41. The van der Waals surface area contributed by atoms with Crippen LogP contribution in [0, 0.1) is 5.92 Å². The van der Waals surface area contributed by atoms with Crippen molar-refractivity contribution in [2.75, 3.05) is 43.6 Å². The third-order valence-electron chi connectivity index (χ3n) is 7.93. The van der Waals surface area contributed by atoms with Crippen molar-refractivity contribution in [1.82, 2.24) is 4.31 Å². The first kappa shape index (κ1) is 27.3. The molecule has 2 heterocycles. The lowest BCUT2D eigenvalue weighted by Gasteiger charge is -2.31. The molecule has 4 aromatic rings. The molecule has 1 saturated heterocycles. The van der Waals surface area contributed by atoms with Gasteiger partial charge in [0.05, 0.1) is 16.5 Å². The second kappa shape index (κ2) is 11.9. The maximum absolute atomic E-state index is 13.5. The van der Waals surface area contributed by atoms with E-state index in [0.29, 0.717) is 37.5 Å². The number of carbonyl (C=O) groups excluding carboxylic acids is 2. The monoisotopic (exact) mass is 567 g/mol. The molecule has 6 rings (SSSR count). The first-order valence-electron chi connectivity index (χ1n) is 14.0. The van der Waals surface area contributed by atoms with Crippen molar-refractivity contribution >= 4 is 44.9 Å². The van der Waals surface area contributed by atoms with Crippen LogP contribution in [0.15, 0.2) is 89.8 Å². The van der Waals surface area contributed by atoms with E-state index in [-0.39, 0.29) is 17.7 Å². The molecular formula is C33H33N3O4S. The van der Waals surface area contributed by atoms with Crippen LogP contribution < -0.4 is 10.2 Å². The highest BCUT2D eigenvalue weighted by Crippen LogP contribution is 2.41. The minimum Gasteiger partial charge on any atom is -0.385 e. The van der Waals surface area contributed by atoms with Gasteiger partial charge in [-0.15, -0.1) is 0 Å². The Labute approximate surface area is 242 Å². The largest absolute Gasteiger partial charge is 0.385 e. The summed E-state index contributed by atoms with van der Waals surface area (Å²) in [7, 11) is 0.307. The zero-order chi connectivity index (χ0) is 28.3. The van der Waals surface area contributed by atoms with Crippen LogP contribution in [0.4, 0.5) is 11.4 Å². The third kappa shape index (κ3) is 5.43. The van der Waals surface area contributed by atoms with Crippen LogP contribution >= 0.6 is 0 Å². The molecule has 7 nitrogen and oxygen atoms in total. The van der Waals surface area contributed by atoms with Gasteiger partial charge in [0.1, 0.15) is 11.0 Å². The lowest BCUT2D eigenvalue weighted by molar-refractivity contribution is -0.120. The van der Waals surface area contributed by atoms with Crippen LogP contribution in [-0.4, -0.2) is 53.7 Å². The quantitative estimate of drug-likeness (QED) is 0.256. The smallest absolute Gasteiger partial charge is 0.258 e. The number of hydrogen-bond donors (Lipinski definition) is 1. The Kier molecular flexibility index (Phi) is 7.96. The van der Waals surface area contributed by atoms with Gasteiger partial charge in [0.15, 0.2) is 0 Å². The predicted octanol–water partition coefficient (Wildman–Crippen LogP) is 5.88. The zero-order valence-corrected chi connectivity index (χ0v) is 23.9. The molecule has 0 aliphatic carbocycles. The lowest BCUT2D eigenvalue weighted by atomic mass is 9.98. The van der Waals surface area contributed by atoms with Gasteiger partial charge in [-0.1, -0.05) is 54.6 Å². The number of carbonyl (C=O) groups is 2. The Hall–Kier alpha value is -3.85. The molecule has 1 fully saturated rings. The van der Waals surface area contributed by atoms with Crippen LogP contribution in [-0.2, 0) is 20.5 Å². The van der Waals surface area contributed by atoms with E-state index in [9.17, 15) is 13.8 Å². The number of benzene rings is 4. The Morgan fingerprint density at radius 3 is 2.54 bits per heavy atom. The number of anilines is 2. The van der Waals surface area contributed by atoms with Gasteiger partial charge < -0.3 is 15.0 Å². The molecule has 2 aliphatic heterocycles. The summed E-state index contributed by atoms with van der Waals surface area (Å²) >= 11 is 0. The fourth-order valence-electron chi connectivity index (χ4n) is 5.83. The van der Waals surface area contributed by atoms with Gasteiger partial charge in [-0.2, -0.15) is 0 Å². The maximum Gasteiger partial charge on any atom is 0.258 e. The van der Waals surface area contributed by atoms with Gasteiger partial charge in [-0.25, -0.2) is 8.51 Å². The highest BCUT2D eigenvalue weighted by atomic mass is 32.2. The van der Waals surface area contributed by atoms with Crippen LogP contribution in [0.1, 0.15) is 29.6 Å². The van der Waals surface area contributed by atoms with E-state index in [1.165, 1.54) is 0 Å². The summed E-state index contributed by atoms with van der Waals surface area (Å²) in [6, 6.07) is 27.4. The summed E-state index contributed by atoms with van der Waals surface area (Å²) in [6.45, 7) is 2.26. The number of nitrogens with zero attached hydrogens (tertiary/aromatic N) is 2. The molecular weight excluding hydrogens is 534 g/mol. The minimum absolute atomic E-state index is 0.0209. The number of amides is 2. The molecule has 0 spiro atoms. The van der Waals surface area contributed by atoms with Gasteiger partial charge in [0.25, 0.3) is 5.91 Å². The van der Waals surface area contributed by atoms with Crippen LogP contribution in [0.5, 0.6) is 0 Å². The topological polar surface area (TPSA) is 79.0 Å². The molecule has 1 N–H and O–H groups in total. The fraction of sp³-hybridized carbons (Fsp3) is 0.273. The molecule has 2 aliphatic rings. The van der Waals surface area contributed by atoms with Crippen molar-refractivity contribution in [2.24, 2.45) is 5.92 Å². The van der Waals surface area contributed by atoms with E-state index in [4.69, 9.17) is 4.74 Å². The first-order chi connectivity index (χ1) is 20.0. The minimum atomic E-state index is -1.35. The van der Waals surface area contributed by atoms with E-state index in [1.807, 2.05) is 77.1 Å². The highest BCUT2D eigenvalue weighted by molar-refractivity contribution is 7.82. The molecule has 41 heavy (non-hydrogen) atoms. The van der Waals surface area contributed by atoms with Gasteiger partial charge in [0, 0.05) is 55.4 Å². The van der Waals surface area contributed by atoms with Crippen molar-refractivity contribution in [3.63, 3.8) is 0 Å². The standard InChI is InChI=1S/C33H33N3O4S/c1-40-21-7-20-36-30-18-17-29(27-11-5-12-28(31(27)30)33(36)38)34-32(37)25-10-6-19-35(22-25)41(39)26-15-13-24(14-16-26)23-8-3-2-4-9-23/h2-5,8-9,11-18,25H,6-7,10,19-22H2,1H3,(H,34,37). The molecule has 0 bridgehead atoms. The van der Waals surface area contributed by atoms with E-state index in [1.54, 1.807) is 12.0 Å². The molecule has 0 aromatic heterocycles. The number of methoxy groups -OCH3 is 1. The Morgan fingerprint density at radius 2 is 1.76 bits per heavy atom. The summed E-state index contributed by atoms with van der Waals surface area (Å²) in [5, 5.41) is 4.86. The number of piperidine rings is 1. The number of nitrogens with one attached hydrogen (secondary N) is 1. The Balaban J connectivity index is 1.16. The average molecular weight is 568 g/mol. The van der Waals surface area contributed by atoms with Gasteiger partial charge in [0.2, 0.25) is 5.91 Å². The average Bonchev–Trinajstić information content (AvgIpc) is 3.30. The van der Waals surface area contributed by atoms with Crippen molar-refractivity contribution < 1.29 is 18.5 Å². The molecule has 2 amide bonds. The van der Waals surface area contributed by atoms with E-state index < -0.39 is 11.0 Å². The van der Waals surface area contributed by atoms with Gasteiger partial charge >= 0.3 is 0 Å². The summed E-state index contributed by atoms with van der Waals surface area (Å²) in [5.74, 6) is -0.396. The van der Waals surface area contributed by atoms with E-state index in [2.05, 4.69) is 17.4 Å². The molecule has 2 atom stereocenters. The van der Waals surface area contributed by atoms with Gasteiger partial charge in [-0.05, 0) is 60.7 Å². The summed E-state index contributed by atoms with van der Waals surface area (Å²) in [4.78, 5) is 29.1. The Morgan fingerprint density at radius 1 is 0.976 bits per heavy atom. The first-order valence-corrected chi connectivity index (χ1v) is 15.2. The molecule has 0 saturated carbocycles. The van der Waals surface area contributed by atoms with Gasteiger partial charge in [-0.3, -0.25) is 9.59 Å². The predicted molar refractivity (Wildman–Crippen MR) is 163 cm³/mol. The zero-order valence-electron chi connectivity index (χ0n) is 23.0. The summed E-state index contributed by atoms with van der Waals surface area (Å²) < 4.78 is 20.5. The van der Waals surface area contributed by atoms with E-state index >= 15 is 0 Å². The van der Waals surface area contributed by atoms with Crippen molar-refractivity contribution in [1.29, 1.82) is 0 Å². The normalized spacial score (nSPS) is 17.6. The van der Waals surface area contributed by atoms with Crippen LogP contribution in [0.25, 0.3) is 21.9 Å². The van der Waals surface area contributed by atoms with Crippen LogP contribution in [0.3, 0.4) is 0 Å². The van der Waals surface area contributed by atoms with Crippen molar-refractivity contribution in [2.45, 2.75) is 24.2 Å².